The van der Waals surface area contributed by atoms with E-state index in [9.17, 15) is 8.42 Å². The molecule has 1 heterocycles. The monoisotopic (exact) mass is 270 g/mol. The third-order valence-electron chi connectivity index (χ3n) is 2.84. The third kappa shape index (κ3) is 3.98. The van der Waals surface area contributed by atoms with Crippen LogP contribution in [0.2, 0.25) is 0 Å². The van der Waals surface area contributed by atoms with Crippen LogP contribution in [0.15, 0.2) is 18.3 Å². The van der Waals surface area contributed by atoms with Gasteiger partial charge in [-0.1, -0.05) is 33.8 Å². The molecule has 0 atom stereocenters. The number of anilines is 1. The van der Waals surface area contributed by atoms with Gasteiger partial charge in [0.1, 0.15) is 11.7 Å². The highest BCUT2D eigenvalue weighted by atomic mass is 32.2. The van der Waals surface area contributed by atoms with Crippen molar-refractivity contribution in [2.75, 3.05) is 23.6 Å². The molecule has 0 radical (unpaired) electrons. The van der Waals surface area contributed by atoms with Crippen molar-refractivity contribution in [2.45, 2.75) is 33.1 Å². The molecule has 1 rings (SSSR count). The molecule has 0 saturated heterocycles. The Hall–Kier alpha value is -1.10. The van der Waals surface area contributed by atoms with Crippen LogP contribution in [-0.4, -0.2) is 32.1 Å². The summed E-state index contributed by atoms with van der Waals surface area (Å²) in [6.07, 6.45) is 1.81. The van der Waals surface area contributed by atoms with Crippen LogP contribution in [0, 0.1) is 0 Å². The molecule has 0 aliphatic rings. The summed E-state index contributed by atoms with van der Waals surface area (Å²) in [7, 11) is -1.28. The maximum atomic E-state index is 11.5. The topological polar surface area (TPSA) is 50.3 Å². The maximum absolute atomic E-state index is 11.5. The van der Waals surface area contributed by atoms with Gasteiger partial charge in [0.05, 0.1) is 0 Å². The Morgan fingerprint density at radius 2 is 1.89 bits per heavy atom. The van der Waals surface area contributed by atoms with Crippen LogP contribution in [0.25, 0.3) is 0 Å². The Kier molecular flexibility index (Phi) is 4.37. The largest absolute Gasteiger partial charge is 0.345 e. The highest BCUT2D eigenvalue weighted by Gasteiger charge is 2.16. The predicted octanol–water partition coefficient (Wildman–Crippen LogP) is 2.21. The average Bonchev–Trinajstić information content (AvgIpc) is 2.27. The van der Waals surface area contributed by atoms with Gasteiger partial charge in [0.2, 0.25) is 0 Å². The lowest BCUT2D eigenvalue weighted by Gasteiger charge is -2.21. The smallest absolute Gasteiger partial charge is 0.168 e. The van der Waals surface area contributed by atoms with Gasteiger partial charge in [-0.3, -0.25) is 0 Å². The van der Waals surface area contributed by atoms with E-state index in [0.717, 1.165) is 5.56 Å². The first-order valence-electron chi connectivity index (χ1n) is 6.04. The second-order valence-corrected chi connectivity index (χ2v) is 7.84. The van der Waals surface area contributed by atoms with E-state index in [1.807, 2.05) is 18.3 Å². The van der Waals surface area contributed by atoms with E-state index in [1.54, 1.807) is 18.9 Å². The van der Waals surface area contributed by atoms with Gasteiger partial charge in [-0.15, -0.1) is 0 Å². The van der Waals surface area contributed by atoms with Crippen LogP contribution in [0.1, 0.15) is 33.3 Å². The fourth-order valence-corrected chi connectivity index (χ4v) is 2.41. The van der Waals surface area contributed by atoms with Crippen molar-refractivity contribution in [1.82, 2.24) is 4.98 Å². The Labute approximate surface area is 110 Å². The van der Waals surface area contributed by atoms with Crippen molar-refractivity contribution in [1.29, 1.82) is 0 Å². The number of sulfone groups is 1. The van der Waals surface area contributed by atoms with Gasteiger partial charge in [0.25, 0.3) is 0 Å². The zero-order valence-electron chi connectivity index (χ0n) is 11.8. The van der Waals surface area contributed by atoms with E-state index in [0.29, 0.717) is 5.82 Å². The van der Waals surface area contributed by atoms with Crippen molar-refractivity contribution in [3.63, 3.8) is 0 Å². The summed E-state index contributed by atoms with van der Waals surface area (Å²) >= 11 is 0. The Morgan fingerprint density at radius 1 is 1.28 bits per heavy atom. The molecular formula is C13H22N2O2S. The number of hydrogen-bond acceptors (Lipinski definition) is 4. The highest BCUT2D eigenvalue weighted by molar-refractivity contribution is 7.91. The molecule has 0 aromatic carbocycles. The molecule has 0 aliphatic carbocycles. The average molecular weight is 270 g/mol. The highest BCUT2D eigenvalue weighted by Crippen LogP contribution is 2.22. The lowest BCUT2D eigenvalue weighted by molar-refractivity contribution is 0.586. The zero-order valence-corrected chi connectivity index (χ0v) is 12.6. The van der Waals surface area contributed by atoms with Gasteiger partial charge in [-0.25, -0.2) is 13.4 Å². The van der Waals surface area contributed by atoms with Crippen LogP contribution in [0.3, 0.4) is 0 Å². The summed E-state index contributed by atoms with van der Waals surface area (Å²) in [5.74, 6) is 0.836. The molecule has 0 spiro atoms. The molecule has 0 aliphatic heterocycles. The normalized spacial score (nSPS) is 12.5. The van der Waals surface area contributed by atoms with Crippen molar-refractivity contribution in [2.24, 2.45) is 0 Å². The van der Waals surface area contributed by atoms with E-state index >= 15 is 0 Å². The molecule has 0 bridgehead atoms. The number of hydrogen-bond donors (Lipinski definition) is 0. The molecule has 4 nitrogen and oxygen atoms in total. The third-order valence-corrected chi connectivity index (χ3v) is 4.50. The van der Waals surface area contributed by atoms with Gasteiger partial charge < -0.3 is 4.90 Å². The Balaban J connectivity index is 2.86. The van der Waals surface area contributed by atoms with Gasteiger partial charge in [-0.2, -0.15) is 0 Å². The lowest BCUT2D eigenvalue weighted by atomic mass is 9.88. The van der Waals surface area contributed by atoms with Crippen molar-refractivity contribution in [3.05, 3.63) is 23.9 Å². The van der Waals surface area contributed by atoms with E-state index in [-0.39, 0.29) is 17.0 Å². The van der Waals surface area contributed by atoms with E-state index in [2.05, 4.69) is 25.8 Å². The zero-order chi connectivity index (χ0) is 14.0. The molecular weight excluding hydrogens is 248 g/mol. The first-order valence-corrected chi connectivity index (χ1v) is 7.86. The number of nitrogens with zero attached hydrogens (tertiary/aromatic N) is 2. The molecule has 1 aromatic rings. The standard InChI is InChI=1S/C13H22N2O2S/c1-6-18(16,17)10-15(5)12-8-7-11(9-14-12)13(2,3)4/h7-9H,6,10H2,1-5H3. The van der Waals surface area contributed by atoms with E-state index in [1.165, 1.54) is 0 Å². The summed E-state index contributed by atoms with van der Waals surface area (Å²) in [6.45, 7) is 8.01. The molecule has 18 heavy (non-hydrogen) atoms. The quantitative estimate of drug-likeness (QED) is 0.841. The lowest BCUT2D eigenvalue weighted by Crippen LogP contribution is -2.27. The molecule has 0 fully saturated rings. The Bertz CT molecular complexity index is 487. The van der Waals surface area contributed by atoms with Crippen molar-refractivity contribution >= 4 is 15.7 Å². The summed E-state index contributed by atoms with van der Waals surface area (Å²) in [4.78, 5) is 5.98. The van der Waals surface area contributed by atoms with Gasteiger partial charge >= 0.3 is 0 Å². The van der Waals surface area contributed by atoms with Gasteiger partial charge in [0.15, 0.2) is 9.84 Å². The number of rotatable bonds is 4. The molecule has 0 unspecified atom stereocenters. The van der Waals surface area contributed by atoms with E-state index in [4.69, 9.17) is 0 Å². The second kappa shape index (κ2) is 5.26. The number of aromatic nitrogens is 1. The van der Waals surface area contributed by atoms with Crippen LogP contribution >= 0.6 is 0 Å². The van der Waals surface area contributed by atoms with Crippen LogP contribution in [0.5, 0.6) is 0 Å². The van der Waals surface area contributed by atoms with Crippen LogP contribution < -0.4 is 4.90 Å². The molecule has 0 amide bonds. The second-order valence-electron chi connectivity index (χ2n) is 5.51. The SMILES string of the molecule is CCS(=O)(=O)CN(C)c1ccc(C(C)(C)C)cn1. The summed E-state index contributed by atoms with van der Waals surface area (Å²) in [6, 6.07) is 3.86. The molecule has 0 saturated carbocycles. The summed E-state index contributed by atoms with van der Waals surface area (Å²) in [5.41, 5.74) is 1.19. The molecule has 5 heteroatoms. The summed E-state index contributed by atoms with van der Waals surface area (Å²) < 4.78 is 23.1. The van der Waals surface area contributed by atoms with E-state index < -0.39 is 9.84 Å². The minimum absolute atomic E-state index is 0.00532. The van der Waals surface area contributed by atoms with Crippen LogP contribution in [-0.2, 0) is 15.3 Å². The Morgan fingerprint density at radius 3 is 2.28 bits per heavy atom. The maximum Gasteiger partial charge on any atom is 0.168 e. The minimum Gasteiger partial charge on any atom is -0.345 e. The first-order chi connectivity index (χ1) is 8.15. The molecule has 0 N–H and O–H groups in total. The first kappa shape index (κ1) is 15.0. The predicted molar refractivity (Wildman–Crippen MR) is 75.7 cm³/mol. The fraction of sp³-hybridized carbons (Fsp3) is 0.615. The van der Waals surface area contributed by atoms with Crippen molar-refractivity contribution in [3.8, 4) is 0 Å². The minimum atomic E-state index is -3.02. The van der Waals surface area contributed by atoms with Crippen molar-refractivity contribution < 1.29 is 8.42 Å². The van der Waals surface area contributed by atoms with Crippen LogP contribution in [0.4, 0.5) is 5.82 Å². The summed E-state index contributed by atoms with van der Waals surface area (Å²) in [5, 5.41) is 0. The number of pyridine rings is 1. The fourth-order valence-electron chi connectivity index (χ4n) is 1.51. The molecule has 102 valence electrons. The van der Waals surface area contributed by atoms with Gasteiger partial charge in [0, 0.05) is 19.0 Å². The van der Waals surface area contributed by atoms with Gasteiger partial charge in [-0.05, 0) is 17.0 Å². The molecule has 1 aromatic heterocycles.